The highest BCUT2D eigenvalue weighted by atomic mass is 16.5. The molecule has 1 amide bonds. The molecule has 0 spiro atoms. The first-order chi connectivity index (χ1) is 8.54. The van der Waals surface area contributed by atoms with E-state index >= 15 is 0 Å². The number of nitrogens with one attached hydrogen (secondary N) is 3. The van der Waals surface area contributed by atoms with Crippen molar-refractivity contribution in [2.75, 3.05) is 11.9 Å². The van der Waals surface area contributed by atoms with E-state index in [1.807, 2.05) is 13.8 Å². The van der Waals surface area contributed by atoms with Gasteiger partial charge in [-0.2, -0.15) is 0 Å². The lowest BCUT2D eigenvalue weighted by Gasteiger charge is -2.08. The Labute approximate surface area is 103 Å². The Balaban J connectivity index is 2.07. The van der Waals surface area contributed by atoms with E-state index in [1.54, 1.807) is 18.2 Å². The van der Waals surface area contributed by atoms with Gasteiger partial charge in [-0.1, -0.05) is 0 Å². The SMILES string of the molecule is CC(C)OCC(=O)Nc1ccc2[nH]c(=O)[nH]c2c1. The number of rotatable bonds is 4. The van der Waals surface area contributed by atoms with Crippen LogP contribution in [0.25, 0.3) is 11.0 Å². The molecule has 0 aliphatic rings. The first kappa shape index (κ1) is 12.4. The number of carbonyl (C=O) groups is 1. The summed E-state index contributed by atoms with van der Waals surface area (Å²) in [6, 6.07) is 5.14. The van der Waals surface area contributed by atoms with Crippen LogP contribution >= 0.6 is 0 Å². The molecule has 0 saturated heterocycles. The molecule has 1 aromatic carbocycles. The second-order valence-corrected chi connectivity index (χ2v) is 4.25. The Bertz CT molecular complexity index is 612. The number of carbonyl (C=O) groups excluding carboxylic acids is 1. The summed E-state index contributed by atoms with van der Waals surface area (Å²) in [7, 11) is 0. The second kappa shape index (κ2) is 5.05. The highest BCUT2D eigenvalue weighted by Gasteiger charge is 2.05. The van der Waals surface area contributed by atoms with Crippen molar-refractivity contribution >= 4 is 22.6 Å². The van der Waals surface area contributed by atoms with E-state index in [-0.39, 0.29) is 24.3 Å². The molecule has 6 nitrogen and oxygen atoms in total. The van der Waals surface area contributed by atoms with Crippen molar-refractivity contribution in [3.8, 4) is 0 Å². The van der Waals surface area contributed by atoms with Crippen LogP contribution in [-0.2, 0) is 9.53 Å². The topological polar surface area (TPSA) is 87.0 Å². The number of aromatic amines is 2. The monoisotopic (exact) mass is 249 g/mol. The Morgan fingerprint density at radius 3 is 2.78 bits per heavy atom. The van der Waals surface area contributed by atoms with Gasteiger partial charge in [0.05, 0.1) is 17.1 Å². The van der Waals surface area contributed by atoms with Crippen molar-refractivity contribution in [3.05, 3.63) is 28.7 Å². The number of hydrogen-bond acceptors (Lipinski definition) is 3. The molecule has 0 radical (unpaired) electrons. The molecule has 18 heavy (non-hydrogen) atoms. The summed E-state index contributed by atoms with van der Waals surface area (Å²) in [5, 5.41) is 2.70. The van der Waals surface area contributed by atoms with E-state index in [4.69, 9.17) is 4.74 Å². The fraction of sp³-hybridized carbons (Fsp3) is 0.333. The van der Waals surface area contributed by atoms with E-state index in [2.05, 4.69) is 15.3 Å². The zero-order chi connectivity index (χ0) is 13.1. The summed E-state index contributed by atoms with van der Waals surface area (Å²) < 4.78 is 5.19. The fourth-order valence-corrected chi connectivity index (χ4v) is 1.55. The van der Waals surface area contributed by atoms with Crippen molar-refractivity contribution in [2.24, 2.45) is 0 Å². The minimum Gasteiger partial charge on any atom is -0.369 e. The lowest BCUT2D eigenvalue weighted by atomic mass is 10.3. The van der Waals surface area contributed by atoms with Crippen LogP contribution in [0, 0.1) is 0 Å². The number of amides is 1. The summed E-state index contributed by atoms with van der Waals surface area (Å²) in [4.78, 5) is 27.9. The molecule has 1 aromatic heterocycles. The van der Waals surface area contributed by atoms with Gasteiger partial charge in [-0.05, 0) is 32.0 Å². The van der Waals surface area contributed by atoms with Crippen LogP contribution in [0.2, 0.25) is 0 Å². The third-order valence-electron chi connectivity index (χ3n) is 2.35. The molecule has 3 N–H and O–H groups in total. The number of hydrogen-bond donors (Lipinski definition) is 3. The molecule has 6 heteroatoms. The van der Waals surface area contributed by atoms with Crippen LogP contribution in [0.5, 0.6) is 0 Å². The Hall–Kier alpha value is -2.08. The lowest BCUT2D eigenvalue weighted by Crippen LogP contribution is -2.20. The molecule has 96 valence electrons. The van der Waals surface area contributed by atoms with Gasteiger partial charge in [0.15, 0.2) is 0 Å². The van der Waals surface area contributed by atoms with Crippen molar-refractivity contribution in [2.45, 2.75) is 20.0 Å². The van der Waals surface area contributed by atoms with E-state index in [1.165, 1.54) is 0 Å². The lowest BCUT2D eigenvalue weighted by molar-refractivity contribution is -0.121. The standard InChI is InChI=1S/C12H15N3O3/c1-7(2)18-6-11(16)13-8-3-4-9-10(5-8)15-12(17)14-9/h3-5,7H,6H2,1-2H3,(H,13,16)(H2,14,15,17). The second-order valence-electron chi connectivity index (χ2n) is 4.25. The minimum atomic E-state index is -0.267. The molecule has 0 aliphatic heterocycles. The Kier molecular flexibility index (Phi) is 3.47. The van der Waals surface area contributed by atoms with Gasteiger partial charge in [0.25, 0.3) is 0 Å². The molecule has 0 aliphatic carbocycles. The van der Waals surface area contributed by atoms with Crippen LogP contribution in [-0.4, -0.2) is 28.6 Å². The van der Waals surface area contributed by atoms with Gasteiger partial charge in [-0.3, -0.25) is 4.79 Å². The Morgan fingerprint density at radius 2 is 2.06 bits per heavy atom. The molecule has 2 rings (SSSR count). The normalized spacial score (nSPS) is 11.1. The molecule has 0 fully saturated rings. The molecular formula is C12H15N3O3. The van der Waals surface area contributed by atoms with E-state index in [0.29, 0.717) is 16.7 Å². The van der Waals surface area contributed by atoms with Gasteiger partial charge in [0.1, 0.15) is 6.61 Å². The number of benzene rings is 1. The van der Waals surface area contributed by atoms with Gasteiger partial charge in [-0.25, -0.2) is 4.79 Å². The largest absolute Gasteiger partial charge is 0.369 e. The maximum absolute atomic E-state index is 11.5. The van der Waals surface area contributed by atoms with Crippen molar-refractivity contribution in [3.63, 3.8) is 0 Å². The first-order valence-corrected chi connectivity index (χ1v) is 5.68. The molecule has 0 atom stereocenters. The van der Waals surface area contributed by atoms with Crippen LogP contribution in [0.1, 0.15) is 13.8 Å². The zero-order valence-electron chi connectivity index (χ0n) is 10.2. The third kappa shape index (κ3) is 2.98. The summed E-state index contributed by atoms with van der Waals surface area (Å²) in [5.74, 6) is -0.221. The summed E-state index contributed by atoms with van der Waals surface area (Å²) in [5.41, 5.74) is 1.71. The van der Waals surface area contributed by atoms with Crippen molar-refractivity contribution in [1.82, 2.24) is 9.97 Å². The number of ether oxygens (including phenoxy) is 1. The van der Waals surface area contributed by atoms with Crippen LogP contribution < -0.4 is 11.0 Å². The highest BCUT2D eigenvalue weighted by Crippen LogP contribution is 2.14. The smallest absolute Gasteiger partial charge is 0.323 e. The van der Waals surface area contributed by atoms with Gasteiger partial charge < -0.3 is 20.0 Å². The van der Waals surface area contributed by atoms with E-state index < -0.39 is 0 Å². The average molecular weight is 249 g/mol. The Morgan fingerprint density at radius 1 is 1.33 bits per heavy atom. The molecular weight excluding hydrogens is 234 g/mol. The minimum absolute atomic E-state index is 0.0132. The summed E-state index contributed by atoms with van der Waals surface area (Å²) in [6.45, 7) is 3.74. The van der Waals surface area contributed by atoms with Crippen LogP contribution in [0.15, 0.2) is 23.0 Å². The zero-order valence-corrected chi connectivity index (χ0v) is 10.2. The number of fused-ring (bicyclic) bond motifs is 1. The molecule has 1 heterocycles. The van der Waals surface area contributed by atoms with Gasteiger partial charge in [0.2, 0.25) is 5.91 Å². The fourth-order valence-electron chi connectivity index (χ4n) is 1.55. The summed E-state index contributed by atoms with van der Waals surface area (Å²) in [6.07, 6.45) is 0.0132. The number of H-pyrrole nitrogens is 2. The highest BCUT2D eigenvalue weighted by molar-refractivity contribution is 5.93. The molecule has 0 unspecified atom stereocenters. The van der Waals surface area contributed by atoms with Crippen molar-refractivity contribution in [1.29, 1.82) is 0 Å². The average Bonchev–Trinajstić information content (AvgIpc) is 2.66. The number of anilines is 1. The first-order valence-electron chi connectivity index (χ1n) is 5.68. The third-order valence-corrected chi connectivity index (χ3v) is 2.35. The van der Waals surface area contributed by atoms with Crippen LogP contribution in [0.3, 0.4) is 0 Å². The summed E-state index contributed by atoms with van der Waals surface area (Å²) >= 11 is 0. The molecule has 0 bridgehead atoms. The maximum atomic E-state index is 11.5. The van der Waals surface area contributed by atoms with E-state index in [0.717, 1.165) is 0 Å². The van der Waals surface area contributed by atoms with Crippen LogP contribution in [0.4, 0.5) is 5.69 Å². The van der Waals surface area contributed by atoms with Gasteiger partial charge in [-0.15, -0.1) is 0 Å². The predicted molar refractivity (Wildman–Crippen MR) is 68.6 cm³/mol. The maximum Gasteiger partial charge on any atom is 0.323 e. The molecule has 2 aromatic rings. The number of aromatic nitrogens is 2. The predicted octanol–water partition coefficient (Wildman–Crippen LogP) is 1.22. The number of imidazole rings is 1. The van der Waals surface area contributed by atoms with Crippen molar-refractivity contribution < 1.29 is 9.53 Å². The van der Waals surface area contributed by atoms with Gasteiger partial charge >= 0.3 is 5.69 Å². The quantitative estimate of drug-likeness (QED) is 0.761. The molecule has 0 saturated carbocycles. The van der Waals surface area contributed by atoms with Gasteiger partial charge in [0, 0.05) is 5.69 Å². The van der Waals surface area contributed by atoms with E-state index in [9.17, 15) is 9.59 Å².